The predicted octanol–water partition coefficient (Wildman–Crippen LogP) is 2.08. The van der Waals surface area contributed by atoms with Crippen molar-refractivity contribution < 1.29 is 14.1 Å². The van der Waals surface area contributed by atoms with Crippen molar-refractivity contribution in [1.82, 2.24) is 20.4 Å². The number of hydrogen-bond donors (Lipinski definition) is 1. The van der Waals surface area contributed by atoms with Gasteiger partial charge in [0.05, 0.1) is 12.3 Å². The van der Waals surface area contributed by atoms with E-state index in [1.807, 2.05) is 12.1 Å². The molecule has 1 aromatic heterocycles. The molecule has 0 spiro atoms. The van der Waals surface area contributed by atoms with Crippen molar-refractivity contribution in [2.24, 2.45) is 0 Å². The van der Waals surface area contributed by atoms with Crippen LogP contribution in [-0.4, -0.2) is 45.8 Å². The summed E-state index contributed by atoms with van der Waals surface area (Å²) in [7, 11) is 0. The molecule has 1 aromatic carbocycles. The van der Waals surface area contributed by atoms with E-state index in [0.29, 0.717) is 29.8 Å². The van der Waals surface area contributed by atoms with Gasteiger partial charge in [-0.1, -0.05) is 36.3 Å². The lowest BCUT2D eigenvalue weighted by molar-refractivity contribution is -0.124. The fourth-order valence-corrected chi connectivity index (χ4v) is 3.07. The van der Waals surface area contributed by atoms with Crippen LogP contribution in [0.25, 0.3) is 11.4 Å². The summed E-state index contributed by atoms with van der Waals surface area (Å²) in [6.07, 6.45) is 0.992. The highest BCUT2D eigenvalue weighted by Crippen LogP contribution is 2.19. The van der Waals surface area contributed by atoms with Gasteiger partial charge in [-0.25, -0.2) is 4.79 Å². The van der Waals surface area contributed by atoms with Crippen molar-refractivity contribution in [3.05, 3.63) is 35.7 Å². The second-order valence-electron chi connectivity index (χ2n) is 5.32. The van der Waals surface area contributed by atoms with E-state index in [-0.39, 0.29) is 18.5 Å². The third kappa shape index (κ3) is 3.76. The van der Waals surface area contributed by atoms with Gasteiger partial charge >= 0.3 is 6.03 Å². The van der Waals surface area contributed by atoms with Crippen molar-refractivity contribution in [1.29, 1.82) is 0 Å². The Bertz CT molecular complexity index is 713. The molecule has 2 heterocycles. The van der Waals surface area contributed by atoms with Gasteiger partial charge < -0.3 is 9.84 Å². The number of aromatic nitrogens is 2. The summed E-state index contributed by atoms with van der Waals surface area (Å²) in [5, 5.41) is 6.49. The number of rotatable bonds is 7. The Morgan fingerprint density at radius 1 is 1.29 bits per heavy atom. The second-order valence-corrected chi connectivity index (χ2v) is 6.42. The predicted molar refractivity (Wildman–Crippen MR) is 90.4 cm³/mol. The van der Waals surface area contributed by atoms with Crippen LogP contribution in [-0.2, 0) is 17.0 Å². The van der Waals surface area contributed by atoms with Crippen LogP contribution in [0.4, 0.5) is 4.79 Å². The van der Waals surface area contributed by atoms with Crippen molar-refractivity contribution in [3.63, 3.8) is 0 Å². The smallest absolute Gasteiger partial charge is 0.324 e. The van der Waals surface area contributed by atoms with Gasteiger partial charge in [-0.2, -0.15) is 16.7 Å². The van der Waals surface area contributed by atoms with Gasteiger partial charge in [-0.15, -0.1) is 0 Å². The number of carbonyl (C=O) groups is 2. The van der Waals surface area contributed by atoms with Crippen LogP contribution >= 0.6 is 11.8 Å². The lowest BCUT2D eigenvalue weighted by Gasteiger charge is -2.10. The van der Waals surface area contributed by atoms with Crippen molar-refractivity contribution in [2.75, 3.05) is 18.8 Å². The summed E-state index contributed by atoms with van der Waals surface area (Å²) in [6, 6.07) is 7.75. The molecule has 2 aromatic rings. The number of thioether (sulfide) groups is 1. The van der Waals surface area contributed by atoms with Crippen LogP contribution in [0.15, 0.2) is 28.8 Å². The number of aryl methyl sites for hydroxylation is 1. The van der Waals surface area contributed by atoms with Gasteiger partial charge in [0.1, 0.15) is 0 Å². The van der Waals surface area contributed by atoms with Crippen molar-refractivity contribution >= 4 is 23.7 Å². The molecule has 0 radical (unpaired) electrons. The van der Waals surface area contributed by atoms with E-state index in [1.165, 1.54) is 10.5 Å². The number of nitrogens with one attached hydrogen (secondary N) is 1. The molecule has 0 aliphatic carbocycles. The number of carbonyl (C=O) groups excluding carboxylic acids is 2. The lowest BCUT2D eigenvalue weighted by Crippen LogP contribution is -2.32. The fraction of sp³-hybridized carbons (Fsp3) is 0.375. The SMILES string of the molecule is CCc1ccc(-c2noc(CSCCN3C(=O)CNC3=O)n2)cc1. The third-order valence-electron chi connectivity index (χ3n) is 3.71. The molecule has 1 N–H and O–H groups in total. The van der Waals surface area contributed by atoms with Crippen LogP contribution in [0.1, 0.15) is 18.4 Å². The Labute approximate surface area is 143 Å². The number of nitrogens with zero attached hydrogens (tertiary/aromatic N) is 3. The first-order chi connectivity index (χ1) is 11.7. The maximum absolute atomic E-state index is 11.4. The zero-order valence-corrected chi connectivity index (χ0v) is 14.1. The highest BCUT2D eigenvalue weighted by molar-refractivity contribution is 7.98. The number of benzene rings is 1. The topological polar surface area (TPSA) is 88.3 Å². The number of urea groups is 1. The van der Waals surface area contributed by atoms with E-state index in [4.69, 9.17) is 4.52 Å². The molecule has 3 rings (SSSR count). The molecule has 0 saturated carbocycles. The molecule has 24 heavy (non-hydrogen) atoms. The third-order valence-corrected chi connectivity index (χ3v) is 4.63. The van der Waals surface area contributed by atoms with E-state index in [1.54, 1.807) is 11.8 Å². The first kappa shape index (κ1) is 16.5. The number of imide groups is 1. The van der Waals surface area contributed by atoms with Crippen LogP contribution in [0, 0.1) is 0 Å². The molecule has 0 unspecified atom stereocenters. The minimum Gasteiger partial charge on any atom is -0.338 e. The van der Waals surface area contributed by atoms with Crippen LogP contribution in [0.5, 0.6) is 0 Å². The molecular weight excluding hydrogens is 328 g/mol. The van der Waals surface area contributed by atoms with Gasteiger partial charge in [0.15, 0.2) is 0 Å². The minimum atomic E-state index is -0.323. The molecule has 1 aliphatic rings. The average Bonchev–Trinajstić information content (AvgIpc) is 3.20. The van der Waals surface area contributed by atoms with Gasteiger partial charge in [-0.3, -0.25) is 9.69 Å². The Hall–Kier alpha value is -2.35. The Morgan fingerprint density at radius 3 is 2.75 bits per heavy atom. The van der Waals surface area contributed by atoms with Gasteiger partial charge in [0, 0.05) is 17.9 Å². The molecule has 1 saturated heterocycles. The molecule has 1 fully saturated rings. The monoisotopic (exact) mass is 346 g/mol. The summed E-state index contributed by atoms with van der Waals surface area (Å²) >= 11 is 1.54. The lowest BCUT2D eigenvalue weighted by atomic mass is 10.1. The summed E-state index contributed by atoms with van der Waals surface area (Å²) < 4.78 is 5.25. The fourth-order valence-electron chi connectivity index (χ4n) is 2.32. The van der Waals surface area contributed by atoms with Gasteiger partial charge in [0.2, 0.25) is 17.6 Å². The Balaban J connectivity index is 1.49. The van der Waals surface area contributed by atoms with Crippen molar-refractivity contribution in [2.45, 2.75) is 19.1 Å². The largest absolute Gasteiger partial charge is 0.338 e. The highest BCUT2D eigenvalue weighted by Gasteiger charge is 2.27. The quantitative estimate of drug-likeness (QED) is 0.610. The maximum Gasteiger partial charge on any atom is 0.324 e. The molecule has 1 aliphatic heterocycles. The zero-order chi connectivity index (χ0) is 16.9. The molecule has 0 bridgehead atoms. The van der Waals surface area contributed by atoms with Crippen LogP contribution < -0.4 is 5.32 Å². The molecule has 7 nitrogen and oxygen atoms in total. The normalized spacial score (nSPS) is 14.3. The standard InChI is InChI=1S/C16H18N4O3S/c1-2-11-3-5-12(6-4-11)15-18-13(23-19-15)10-24-8-7-20-14(21)9-17-16(20)22/h3-6H,2,7-10H2,1H3,(H,17,22). The summed E-state index contributed by atoms with van der Waals surface area (Å²) in [5.41, 5.74) is 2.19. The molecule has 8 heteroatoms. The van der Waals surface area contributed by atoms with Gasteiger partial charge in [0.25, 0.3) is 0 Å². The molecular formula is C16H18N4O3S. The average molecular weight is 346 g/mol. The second kappa shape index (κ2) is 7.48. The van der Waals surface area contributed by atoms with Gasteiger partial charge in [-0.05, 0) is 12.0 Å². The van der Waals surface area contributed by atoms with E-state index in [0.717, 1.165) is 12.0 Å². The van der Waals surface area contributed by atoms with Crippen LogP contribution in [0.2, 0.25) is 0 Å². The first-order valence-electron chi connectivity index (χ1n) is 7.75. The summed E-state index contributed by atoms with van der Waals surface area (Å²) in [4.78, 5) is 28.4. The number of hydrogen-bond acceptors (Lipinski definition) is 6. The zero-order valence-electron chi connectivity index (χ0n) is 13.3. The maximum atomic E-state index is 11.4. The minimum absolute atomic E-state index is 0.0906. The first-order valence-corrected chi connectivity index (χ1v) is 8.90. The van der Waals surface area contributed by atoms with E-state index < -0.39 is 0 Å². The Kier molecular flexibility index (Phi) is 5.14. The highest BCUT2D eigenvalue weighted by atomic mass is 32.2. The Morgan fingerprint density at radius 2 is 2.08 bits per heavy atom. The summed E-state index contributed by atoms with van der Waals surface area (Å²) in [6.45, 7) is 2.58. The van der Waals surface area contributed by atoms with E-state index in [9.17, 15) is 9.59 Å². The van der Waals surface area contributed by atoms with E-state index >= 15 is 0 Å². The molecule has 126 valence electrons. The van der Waals surface area contributed by atoms with Crippen molar-refractivity contribution in [3.8, 4) is 11.4 Å². The molecule has 3 amide bonds. The van der Waals surface area contributed by atoms with Crippen LogP contribution in [0.3, 0.4) is 0 Å². The summed E-state index contributed by atoms with van der Waals surface area (Å²) in [5.74, 6) is 2.09. The number of amides is 3. The van der Waals surface area contributed by atoms with E-state index in [2.05, 4.69) is 34.5 Å². The molecule has 0 atom stereocenters.